The summed E-state index contributed by atoms with van der Waals surface area (Å²) in [6.45, 7) is 3.94. The first kappa shape index (κ1) is 25.0. The van der Waals surface area contributed by atoms with Crippen LogP contribution in [0.5, 0.6) is 5.75 Å². The standard InChI is InChI=1S/C26H26N2O5S/c1-18(2)25(26(29)32-3)28(34(30)31)23-11-7-21(8-12-23)22-9-13-24(14-10-22)33-17-20-6-4-5-19(15-20)16-27/h4-15,18,25H,17H2,1-3H3,(H,30,31). The molecule has 1 N–H and O–H groups in total. The van der Waals surface area contributed by atoms with E-state index in [0.717, 1.165) is 21.0 Å². The molecule has 8 heteroatoms. The van der Waals surface area contributed by atoms with E-state index in [1.165, 1.54) is 7.11 Å². The smallest absolute Gasteiger partial charge is 0.329 e. The van der Waals surface area contributed by atoms with Crippen molar-refractivity contribution in [3.8, 4) is 22.9 Å². The molecule has 0 aliphatic heterocycles. The van der Waals surface area contributed by atoms with Crippen LogP contribution in [0.15, 0.2) is 72.8 Å². The number of hydrogen-bond donors (Lipinski definition) is 1. The highest BCUT2D eigenvalue weighted by Crippen LogP contribution is 2.28. The molecule has 7 nitrogen and oxygen atoms in total. The van der Waals surface area contributed by atoms with Gasteiger partial charge >= 0.3 is 5.97 Å². The minimum Gasteiger partial charge on any atom is -0.489 e. The van der Waals surface area contributed by atoms with E-state index < -0.39 is 23.3 Å². The highest BCUT2D eigenvalue weighted by atomic mass is 32.2. The molecule has 3 aromatic carbocycles. The van der Waals surface area contributed by atoms with Gasteiger partial charge in [0.15, 0.2) is 0 Å². The third-order valence-electron chi connectivity index (χ3n) is 5.27. The average Bonchev–Trinajstić information content (AvgIpc) is 2.85. The number of carbonyl (C=O) groups is 1. The first-order valence-electron chi connectivity index (χ1n) is 10.6. The van der Waals surface area contributed by atoms with Crippen LogP contribution in [0.2, 0.25) is 0 Å². The number of hydrogen-bond acceptors (Lipinski definition) is 5. The molecule has 0 bridgehead atoms. The molecule has 0 amide bonds. The van der Waals surface area contributed by atoms with E-state index in [1.807, 2.05) is 48.5 Å². The van der Waals surface area contributed by atoms with Crippen molar-refractivity contribution in [3.05, 3.63) is 83.9 Å². The highest BCUT2D eigenvalue weighted by molar-refractivity contribution is 7.80. The lowest BCUT2D eigenvalue weighted by Gasteiger charge is -2.30. The largest absolute Gasteiger partial charge is 0.489 e. The quantitative estimate of drug-likeness (QED) is 0.345. The van der Waals surface area contributed by atoms with Crippen molar-refractivity contribution in [1.29, 1.82) is 5.26 Å². The Labute approximate surface area is 202 Å². The van der Waals surface area contributed by atoms with Gasteiger partial charge in [0.1, 0.15) is 18.4 Å². The van der Waals surface area contributed by atoms with Crippen molar-refractivity contribution in [2.45, 2.75) is 26.5 Å². The fourth-order valence-electron chi connectivity index (χ4n) is 3.55. The lowest BCUT2D eigenvalue weighted by molar-refractivity contribution is -0.142. The second-order valence-electron chi connectivity index (χ2n) is 7.94. The Balaban J connectivity index is 1.74. The van der Waals surface area contributed by atoms with Crippen LogP contribution in [0, 0.1) is 17.2 Å². The Kier molecular flexibility index (Phi) is 8.41. The van der Waals surface area contributed by atoms with Crippen LogP contribution >= 0.6 is 0 Å². The molecule has 0 aliphatic rings. The number of carbonyl (C=O) groups excluding carboxylic acids is 1. The monoisotopic (exact) mass is 478 g/mol. The van der Waals surface area contributed by atoms with Crippen molar-refractivity contribution < 1.29 is 23.0 Å². The second-order valence-corrected chi connectivity index (χ2v) is 8.80. The van der Waals surface area contributed by atoms with Crippen LogP contribution in [0.4, 0.5) is 5.69 Å². The van der Waals surface area contributed by atoms with Crippen LogP contribution in [0.25, 0.3) is 11.1 Å². The number of ether oxygens (including phenoxy) is 2. The Morgan fingerprint density at radius 3 is 2.21 bits per heavy atom. The molecule has 34 heavy (non-hydrogen) atoms. The van der Waals surface area contributed by atoms with Gasteiger partial charge in [0.25, 0.3) is 11.3 Å². The zero-order valence-corrected chi connectivity index (χ0v) is 20.0. The van der Waals surface area contributed by atoms with Crippen molar-refractivity contribution in [2.75, 3.05) is 11.4 Å². The number of benzene rings is 3. The van der Waals surface area contributed by atoms with Crippen LogP contribution in [0.3, 0.4) is 0 Å². The predicted molar refractivity (Wildman–Crippen MR) is 131 cm³/mol. The topological polar surface area (TPSA) is 99.9 Å². The summed E-state index contributed by atoms with van der Waals surface area (Å²) in [6, 6.07) is 23.1. The van der Waals surface area contributed by atoms with Gasteiger partial charge in [0.05, 0.1) is 24.4 Å². The molecule has 176 valence electrons. The maximum Gasteiger partial charge on any atom is 0.329 e. The minimum atomic E-state index is -2.40. The fourth-order valence-corrected chi connectivity index (χ4v) is 4.37. The van der Waals surface area contributed by atoms with Gasteiger partial charge in [-0.2, -0.15) is 5.26 Å². The molecule has 0 saturated carbocycles. The first-order valence-corrected chi connectivity index (χ1v) is 11.7. The van der Waals surface area contributed by atoms with Gasteiger partial charge in [-0.25, -0.2) is 9.00 Å². The van der Waals surface area contributed by atoms with Crippen molar-refractivity contribution in [2.24, 2.45) is 5.92 Å². The lowest BCUT2D eigenvalue weighted by Crippen LogP contribution is -2.46. The zero-order chi connectivity index (χ0) is 24.7. The summed E-state index contributed by atoms with van der Waals surface area (Å²) in [4.78, 5) is 12.2. The van der Waals surface area contributed by atoms with Crippen LogP contribution in [0.1, 0.15) is 25.0 Å². The third-order valence-corrected chi connectivity index (χ3v) is 6.04. The summed E-state index contributed by atoms with van der Waals surface area (Å²) in [5.74, 6) is -0.114. The molecule has 0 radical (unpaired) electrons. The number of nitrogens with zero attached hydrogens (tertiary/aromatic N) is 2. The summed E-state index contributed by atoms with van der Waals surface area (Å²) in [5, 5.41) is 9.01. The minimum absolute atomic E-state index is 0.238. The predicted octanol–water partition coefficient (Wildman–Crippen LogP) is 4.94. The van der Waals surface area contributed by atoms with E-state index in [9.17, 15) is 13.6 Å². The van der Waals surface area contributed by atoms with E-state index in [4.69, 9.17) is 14.7 Å². The Hall–Kier alpha value is -3.67. The van der Waals surface area contributed by atoms with Crippen molar-refractivity contribution in [1.82, 2.24) is 0 Å². The molecule has 2 atom stereocenters. The molecule has 2 unspecified atom stereocenters. The normalized spacial score (nSPS) is 12.5. The molecule has 0 aliphatic carbocycles. The summed E-state index contributed by atoms with van der Waals surface area (Å²) < 4.78 is 33.7. The maximum atomic E-state index is 12.2. The molecule has 3 aromatic rings. The van der Waals surface area contributed by atoms with E-state index in [2.05, 4.69) is 6.07 Å². The molecule has 0 spiro atoms. The number of rotatable bonds is 9. The van der Waals surface area contributed by atoms with Crippen LogP contribution < -0.4 is 9.04 Å². The summed E-state index contributed by atoms with van der Waals surface area (Å²) in [7, 11) is 1.26. The van der Waals surface area contributed by atoms with Crippen molar-refractivity contribution in [3.63, 3.8) is 0 Å². The second kappa shape index (κ2) is 11.5. The summed E-state index contributed by atoms with van der Waals surface area (Å²) in [5.41, 5.74) is 3.79. The molecular weight excluding hydrogens is 452 g/mol. The summed E-state index contributed by atoms with van der Waals surface area (Å²) in [6.07, 6.45) is 0. The third kappa shape index (κ3) is 6.01. The van der Waals surface area contributed by atoms with Gasteiger partial charge < -0.3 is 9.47 Å². The maximum absolute atomic E-state index is 12.2. The number of nitriles is 1. The number of methoxy groups -OCH3 is 1. The molecule has 3 rings (SSSR count). The molecule has 0 aromatic heterocycles. The molecule has 0 fully saturated rings. The molecule has 0 heterocycles. The Morgan fingerprint density at radius 2 is 1.68 bits per heavy atom. The van der Waals surface area contributed by atoms with Crippen molar-refractivity contribution >= 4 is 22.9 Å². The Bertz CT molecular complexity index is 1190. The van der Waals surface area contributed by atoms with Gasteiger partial charge in [-0.05, 0) is 59.0 Å². The SMILES string of the molecule is COC(=O)C(C(C)C)N(c1ccc(-c2ccc(OCc3cccc(C#N)c3)cc2)cc1)S(=O)O. The molecular formula is C26H26N2O5S. The van der Waals surface area contributed by atoms with Gasteiger partial charge in [0, 0.05) is 0 Å². The van der Waals surface area contributed by atoms with E-state index >= 15 is 0 Å². The number of anilines is 1. The molecule has 0 saturated heterocycles. The number of esters is 1. The lowest BCUT2D eigenvalue weighted by atomic mass is 10.0. The van der Waals surface area contributed by atoms with Gasteiger partial charge in [-0.15, -0.1) is 0 Å². The van der Waals surface area contributed by atoms with E-state index in [1.54, 1.807) is 38.1 Å². The first-order chi connectivity index (χ1) is 16.3. The van der Waals surface area contributed by atoms with Crippen LogP contribution in [-0.4, -0.2) is 27.9 Å². The highest BCUT2D eigenvalue weighted by Gasteiger charge is 2.33. The van der Waals surface area contributed by atoms with E-state index in [-0.39, 0.29) is 5.92 Å². The average molecular weight is 479 g/mol. The van der Waals surface area contributed by atoms with Gasteiger partial charge in [-0.1, -0.05) is 50.2 Å². The Morgan fingerprint density at radius 1 is 1.06 bits per heavy atom. The van der Waals surface area contributed by atoms with Crippen LogP contribution in [-0.2, 0) is 27.4 Å². The van der Waals surface area contributed by atoms with E-state index in [0.29, 0.717) is 23.6 Å². The van der Waals surface area contributed by atoms with Gasteiger partial charge in [0.2, 0.25) is 0 Å². The summed E-state index contributed by atoms with van der Waals surface area (Å²) >= 11 is -2.40. The fraction of sp³-hybridized carbons (Fsp3) is 0.231. The zero-order valence-electron chi connectivity index (χ0n) is 19.2. The van der Waals surface area contributed by atoms with Gasteiger partial charge in [-0.3, -0.25) is 8.86 Å².